The normalized spacial score (nSPS) is 18.1. The van der Waals surface area contributed by atoms with Crippen molar-refractivity contribution in [2.24, 2.45) is 0 Å². The zero-order valence-electron chi connectivity index (χ0n) is 15.9. The van der Waals surface area contributed by atoms with Gasteiger partial charge in [0.15, 0.2) is 0 Å². The molecular formula is C18H26ClN5O3S. The molecule has 1 fully saturated rings. The molecule has 28 heavy (non-hydrogen) atoms. The number of rotatable bonds is 6. The first-order valence-corrected chi connectivity index (χ1v) is 10.5. The Morgan fingerprint density at radius 2 is 2.14 bits per heavy atom. The van der Waals surface area contributed by atoms with E-state index < -0.39 is 10.0 Å². The minimum absolute atomic E-state index is 0. The molecule has 2 atom stereocenters. The third-order valence-electron chi connectivity index (χ3n) is 4.77. The smallest absolute Gasteiger partial charge is 0.272 e. The molecule has 0 aliphatic carbocycles. The molecule has 1 saturated heterocycles. The van der Waals surface area contributed by atoms with Gasteiger partial charge < -0.3 is 10.6 Å². The van der Waals surface area contributed by atoms with Gasteiger partial charge in [-0.3, -0.25) is 9.48 Å². The average molecular weight is 428 g/mol. The van der Waals surface area contributed by atoms with Gasteiger partial charge >= 0.3 is 0 Å². The van der Waals surface area contributed by atoms with Crippen LogP contribution >= 0.6 is 12.4 Å². The third kappa shape index (κ3) is 5.11. The number of hydrogen-bond donors (Lipinski definition) is 3. The van der Waals surface area contributed by atoms with Gasteiger partial charge in [0.05, 0.1) is 17.0 Å². The van der Waals surface area contributed by atoms with Gasteiger partial charge in [-0.25, -0.2) is 13.1 Å². The minimum Gasteiger partial charge on any atom is -0.344 e. The summed E-state index contributed by atoms with van der Waals surface area (Å²) >= 11 is 0. The Kier molecular flexibility index (Phi) is 7.59. The van der Waals surface area contributed by atoms with Gasteiger partial charge in [0.25, 0.3) is 5.91 Å². The molecular weight excluding hydrogens is 402 g/mol. The van der Waals surface area contributed by atoms with E-state index in [0.717, 1.165) is 25.9 Å². The van der Waals surface area contributed by atoms with E-state index in [9.17, 15) is 13.2 Å². The van der Waals surface area contributed by atoms with E-state index in [1.807, 2.05) is 17.8 Å². The summed E-state index contributed by atoms with van der Waals surface area (Å²) < 4.78 is 28.0. The maximum Gasteiger partial charge on any atom is 0.272 e. The maximum absolute atomic E-state index is 12.5. The highest BCUT2D eigenvalue weighted by atomic mass is 35.5. The van der Waals surface area contributed by atoms with E-state index in [1.54, 1.807) is 24.3 Å². The number of benzene rings is 1. The van der Waals surface area contributed by atoms with Crippen LogP contribution in [0, 0.1) is 0 Å². The predicted molar refractivity (Wildman–Crippen MR) is 109 cm³/mol. The first-order chi connectivity index (χ1) is 12.9. The molecule has 1 aromatic carbocycles. The molecule has 1 aromatic heterocycles. The summed E-state index contributed by atoms with van der Waals surface area (Å²) in [7, 11) is -2.16. The summed E-state index contributed by atoms with van der Waals surface area (Å²) in [5.74, 6) is -0.285. The number of nitrogens with zero attached hydrogens (tertiary/aromatic N) is 2. The van der Waals surface area contributed by atoms with Crippen LogP contribution in [-0.2, 0) is 10.0 Å². The van der Waals surface area contributed by atoms with Crippen LogP contribution in [0.3, 0.4) is 0 Å². The van der Waals surface area contributed by atoms with Crippen molar-refractivity contribution in [3.8, 4) is 0 Å². The largest absolute Gasteiger partial charge is 0.344 e. The molecule has 0 radical (unpaired) electrons. The fraction of sp³-hybridized carbons (Fsp3) is 0.444. The number of aromatic nitrogens is 2. The van der Waals surface area contributed by atoms with Crippen molar-refractivity contribution in [2.45, 2.75) is 36.7 Å². The Morgan fingerprint density at radius 3 is 2.82 bits per heavy atom. The van der Waals surface area contributed by atoms with Crippen molar-refractivity contribution in [2.75, 3.05) is 20.1 Å². The SMILES string of the molecule is CNS(=O)(=O)c1cccc(C(C)NC(=O)c2ccn(C3CCCNC3)n2)c1.Cl. The second-order valence-corrected chi connectivity index (χ2v) is 8.54. The van der Waals surface area contributed by atoms with Crippen LogP contribution < -0.4 is 15.4 Å². The molecule has 3 rings (SSSR count). The molecule has 0 bridgehead atoms. The van der Waals surface area contributed by atoms with Crippen LogP contribution in [0.15, 0.2) is 41.4 Å². The molecule has 2 heterocycles. The molecule has 0 spiro atoms. The zero-order valence-corrected chi connectivity index (χ0v) is 17.5. The molecule has 2 unspecified atom stereocenters. The maximum atomic E-state index is 12.5. The Labute approximate surface area is 171 Å². The van der Waals surface area contributed by atoms with Gasteiger partial charge in [-0.05, 0) is 57.1 Å². The number of carbonyl (C=O) groups is 1. The van der Waals surface area contributed by atoms with E-state index in [2.05, 4.69) is 20.5 Å². The molecule has 10 heteroatoms. The van der Waals surface area contributed by atoms with Crippen molar-refractivity contribution in [3.63, 3.8) is 0 Å². The van der Waals surface area contributed by atoms with Gasteiger partial charge in [-0.1, -0.05) is 12.1 Å². The van der Waals surface area contributed by atoms with E-state index in [4.69, 9.17) is 0 Å². The van der Waals surface area contributed by atoms with Crippen molar-refractivity contribution < 1.29 is 13.2 Å². The van der Waals surface area contributed by atoms with E-state index in [1.165, 1.54) is 13.1 Å². The van der Waals surface area contributed by atoms with Crippen molar-refractivity contribution >= 4 is 28.3 Å². The van der Waals surface area contributed by atoms with Crippen molar-refractivity contribution in [1.82, 2.24) is 25.1 Å². The number of halogens is 1. The standard InChI is InChI=1S/C18H25N5O3S.ClH/c1-13(14-5-3-7-16(11-14)27(25,26)19-2)21-18(24)17-8-10-23(22-17)15-6-4-9-20-12-15;/h3,5,7-8,10-11,13,15,19-20H,4,6,9,12H2,1-2H3,(H,21,24);1H. The highest BCUT2D eigenvalue weighted by Crippen LogP contribution is 2.19. The van der Waals surface area contributed by atoms with E-state index in [0.29, 0.717) is 11.3 Å². The summed E-state index contributed by atoms with van der Waals surface area (Å²) in [6.45, 7) is 3.68. The summed E-state index contributed by atoms with van der Waals surface area (Å²) in [5.41, 5.74) is 1.06. The topological polar surface area (TPSA) is 105 Å². The van der Waals surface area contributed by atoms with Crippen LogP contribution in [0.5, 0.6) is 0 Å². The highest BCUT2D eigenvalue weighted by molar-refractivity contribution is 7.89. The summed E-state index contributed by atoms with van der Waals surface area (Å²) in [4.78, 5) is 12.7. The lowest BCUT2D eigenvalue weighted by molar-refractivity contribution is 0.0933. The van der Waals surface area contributed by atoms with Crippen LogP contribution in [-0.4, -0.2) is 44.2 Å². The molecule has 154 valence electrons. The van der Waals surface area contributed by atoms with Gasteiger partial charge in [0, 0.05) is 12.7 Å². The summed E-state index contributed by atoms with van der Waals surface area (Å²) in [6, 6.07) is 8.14. The fourth-order valence-electron chi connectivity index (χ4n) is 3.14. The Hall–Kier alpha value is -1.94. The Bertz CT molecular complexity index is 909. The lowest BCUT2D eigenvalue weighted by Crippen LogP contribution is -2.32. The number of amides is 1. The molecule has 0 saturated carbocycles. The van der Waals surface area contributed by atoms with Gasteiger partial charge in [-0.15, -0.1) is 12.4 Å². The van der Waals surface area contributed by atoms with Crippen LogP contribution in [0.4, 0.5) is 0 Å². The van der Waals surface area contributed by atoms with Gasteiger partial charge in [-0.2, -0.15) is 5.10 Å². The molecule has 2 aromatic rings. The molecule has 8 nitrogen and oxygen atoms in total. The van der Waals surface area contributed by atoms with Crippen molar-refractivity contribution in [3.05, 3.63) is 47.8 Å². The number of carbonyl (C=O) groups excluding carboxylic acids is 1. The molecule has 1 amide bonds. The highest BCUT2D eigenvalue weighted by Gasteiger charge is 2.20. The van der Waals surface area contributed by atoms with Gasteiger partial charge in [0.2, 0.25) is 10.0 Å². The predicted octanol–water partition coefficient (Wildman–Crippen LogP) is 1.63. The second kappa shape index (κ2) is 9.51. The summed E-state index contributed by atoms with van der Waals surface area (Å²) in [5, 5.41) is 10.6. The minimum atomic E-state index is -3.53. The number of sulfonamides is 1. The quantitative estimate of drug-likeness (QED) is 0.649. The number of hydrogen-bond acceptors (Lipinski definition) is 5. The van der Waals surface area contributed by atoms with Crippen LogP contribution in [0.1, 0.15) is 47.9 Å². The monoisotopic (exact) mass is 427 g/mol. The molecule has 1 aliphatic heterocycles. The average Bonchev–Trinajstić information content (AvgIpc) is 3.19. The van der Waals surface area contributed by atoms with E-state index >= 15 is 0 Å². The third-order valence-corrected chi connectivity index (χ3v) is 6.18. The van der Waals surface area contributed by atoms with Crippen LogP contribution in [0.25, 0.3) is 0 Å². The first kappa shape index (κ1) is 22.4. The number of piperidine rings is 1. The molecule has 3 N–H and O–H groups in total. The Balaban J connectivity index is 0.00000280. The Morgan fingerprint density at radius 1 is 1.36 bits per heavy atom. The van der Waals surface area contributed by atoms with Crippen LogP contribution in [0.2, 0.25) is 0 Å². The second-order valence-electron chi connectivity index (χ2n) is 6.66. The first-order valence-electron chi connectivity index (χ1n) is 9.01. The lowest BCUT2D eigenvalue weighted by atomic mass is 10.1. The fourth-order valence-corrected chi connectivity index (χ4v) is 3.93. The molecule has 1 aliphatic rings. The van der Waals surface area contributed by atoms with E-state index in [-0.39, 0.29) is 35.3 Å². The van der Waals surface area contributed by atoms with Gasteiger partial charge in [0.1, 0.15) is 5.69 Å². The van der Waals surface area contributed by atoms with Crippen molar-refractivity contribution in [1.29, 1.82) is 0 Å². The number of nitrogens with one attached hydrogen (secondary N) is 3. The zero-order chi connectivity index (χ0) is 19.4. The summed E-state index contributed by atoms with van der Waals surface area (Å²) in [6.07, 6.45) is 3.96. The lowest BCUT2D eigenvalue weighted by Gasteiger charge is -2.22.